The smallest absolute Gasteiger partial charge is 0.271 e. The Balaban J connectivity index is 2.41. The molecular weight excluding hydrogens is 472 g/mol. The lowest BCUT2D eigenvalue weighted by Crippen LogP contribution is -2.51. The lowest BCUT2D eigenvalue weighted by molar-refractivity contribution is -0.384. The van der Waals surface area contributed by atoms with Crippen LogP contribution in [-0.2, 0) is 26.2 Å². The fourth-order valence-electron chi connectivity index (χ4n) is 3.42. The van der Waals surface area contributed by atoms with Gasteiger partial charge in [-0.2, -0.15) is 0 Å². The molecule has 1 N–H and O–H groups in total. The molecule has 0 aliphatic heterocycles. The molecule has 0 radical (unpaired) electrons. The van der Waals surface area contributed by atoms with Gasteiger partial charge in [-0.15, -0.1) is 0 Å². The van der Waals surface area contributed by atoms with Crippen LogP contribution in [-0.4, -0.2) is 55.4 Å². The van der Waals surface area contributed by atoms with Crippen molar-refractivity contribution in [1.82, 2.24) is 10.2 Å². The van der Waals surface area contributed by atoms with E-state index >= 15 is 0 Å². The molecule has 2 amide bonds. The quantitative estimate of drug-likeness (QED) is 0.370. The van der Waals surface area contributed by atoms with E-state index in [1.165, 1.54) is 23.1 Å². The standard InChI is InChI=1S/C24H32N4O6S/c1-17(2)14-25-24(30)19(4)26(15-20-9-6-8-18(3)12-20)23(29)16-27(35(5,33)34)21-10-7-11-22(13-21)28(31)32/h6-13,17,19H,14-16H2,1-5H3,(H,25,30)/t19-/m1/s1. The topological polar surface area (TPSA) is 130 Å². The van der Waals surface area contributed by atoms with Gasteiger partial charge in [-0.25, -0.2) is 8.42 Å². The Labute approximate surface area is 206 Å². The van der Waals surface area contributed by atoms with E-state index in [2.05, 4.69) is 5.32 Å². The second kappa shape index (κ2) is 11.8. The highest BCUT2D eigenvalue weighted by atomic mass is 32.2. The highest BCUT2D eigenvalue weighted by Crippen LogP contribution is 2.24. The van der Waals surface area contributed by atoms with Crippen LogP contribution in [0.3, 0.4) is 0 Å². The first-order valence-electron chi connectivity index (χ1n) is 11.1. The van der Waals surface area contributed by atoms with E-state index in [0.717, 1.165) is 27.8 Å². The molecule has 35 heavy (non-hydrogen) atoms. The number of carbonyl (C=O) groups is 2. The number of hydrogen-bond acceptors (Lipinski definition) is 6. The number of hydrogen-bond donors (Lipinski definition) is 1. The van der Waals surface area contributed by atoms with Gasteiger partial charge in [0.05, 0.1) is 16.9 Å². The van der Waals surface area contributed by atoms with Gasteiger partial charge in [0.15, 0.2) is 0 Å². The molecule has 2 aromatic rings. The number of amides is 2. The Morgan fingerprint density at radius 3 is 2.31 bits per heavy atom. The van der Waals surface area contributed by atoms with E-state index in [1.54, 1.807) is 6.92 Å². The number of anilines is 1. The molecule has 0 unspecified atom stereocenters. The van der Waals surface area contributed by atoms with E-state index in [-0.39, 0.29) is 29.7 Å². The predicted octanol–water partition coefficient (Wildman–Crippen LogP) is 2.86. The number of nitrogens with zero attached hydrogens (tertiary/aromatic N) is 3. The van der Waals surface area contributed by atoms with Gasteiger partial charge in [-0.3, -0.25) is 24.0 Å². The molecule has 11 heteroatoms. The summed E-state index contributed by atoms with van der Waals surface area (Å²) in [6, 6.07) is 11.6. The van der Waals surface area contributed by atoms with Gasteiger partial charge in [-0.1, -0.05) is 49.7 Å². The molecule has 0 bridgehead atoms. The molecular formula is C24H32N4O6S. The van der Waals surface area contributed by atoms with Crippen molar-refractivity contribution >= 4 is 33.2 Å². The van der Waals surface area contributed by atoms with Crippen molar-refractivity contribution in [3.8, 4) is 0 Å². The first kappa shape index (κ1) is 27.8. The number of nitrogens with one attached hydrogen (secondary N) is 1. The van der Waals surface area contributed by atoms with E-state index in [0.29, 0.717) is 6.54 Å². The Morgan fingerprint density at radius 2 is 1.74 bits per heavy atom. The zero-order chi connectivity index (χ0) is 26.3. The molecule has 2 aromatic carbocycles. The molecule has 10 nitrogen and oxygen atoms in total. The van der Waals surface area contributed by atoms with E-state index in [9.17, 15) is 28.1 Å². The highest BCUT2D eigenvalue weighted by molar-refractivity contribution is 7.92. The molecule has 0 aliphatic rings. The summed E-state index contributed by atoms with van der Waals surface area (Å²) in [5.41, 5.74) is 1.44. The summed E-state index contributed by atoms with van der Waals surface area (Å²) in [5.74, 6) is -0.765. The first-order chi connectivity index (χ1) is 16.3. The molecule has 2 rings (SSSR count). The Hall–Kier alpha value is -3.47. The maximum absolute atomic E-state index is 13.5. The van der Waals surface area contributed by atoms with Gasteiger partial charge in [0, 0.05) is 25.2 Å². The van der Waals surface area contributed by atoms with Crippen molar-refractivity contribution in [2.45, 2.75) is 40.3 Å². The Bertz CT molecular complexity index is 1180. The third-order valence-corrected chi connectivity index (χ3v) is 6.44. The van der Waals surface area contributed by atoms with Crippen LogP contribution in [0.25, 0.3) is 0 Å². The molecule has 0 saturated heterocycles. The monoisotopic (exact) mass is 504 g/mol. The number of carbonyl (C=O) groups excluding carboxylic acids is 2. The largest absolute Gasteiger partial charge is 0.354 e. The molecule has 0 aliphatic carbocycles. The number of aryl methyl sites for hydroxylation is 1. The number of non-ortho nitro benzene ring substituents is 1. The molecule has 0 fully saturated rings. The van der Waals surface area contributed by atoms with E-state index < -0.39 is 33.4 Å². The minimum absolute atomic E-state index is 0.0116. The molecule has 190 valence electrons. The van der Waals surface area contributed by atoms with E-state index in [4.69, 9.17) is 0 Å². The second-order valence-electron chi connectivity index (χ2n) is 8.87. The van der Waals surface area contributed by atoms with Crippen LogP contribution < -0.4 is 9.62 Å². The molecule has 0 saturated carbocycles. The minimum Gasteiger partial charge on any atom is -0.354 e. The summed E-state index contributed by atoms with van der Waals surface area (Å²) in [6.45, 7) is 7.28. The second-order valence-corrected chi connectivity index (χ2v) is 10.8. The summed E-state index contributed by atoms with van der Waals surface area (Å²) < 4.78 is 25.9. The SMILES string of the molecule is Cc1cccc(CN(C(=O)CN(c2cccc([N+](=O)[O-])c2)S(C)(=O)=O)[C@H](C)C(=O)NCC(C)C)c1. The van der Waals surface area contributed by atoms with Crippen molar-refractivity contribution in [3.63, 3.8) is 0 Å². The molecule has 0 heterocycles. The summed E-state index contributed by atoms with van der Waals surface area (Å²) in [5, 5.41) is 14.0. The van der Waals surface area contributed by atoms with Crippen molar-refractivity contribution in [3.05, 3.63) is 69.8 Å². The van der Waals surface area contributed by atoms with Gasteiger partial charge < -0.3 is 10.2 Å². The Morgan fingerprint density at radius 1 is 1.09 bits per heavy atom. The summed E-state index contributed by atoms with van der Waals surface area (Å²) >= 11 is 0. The Kier molecular flexibility index (Phi) is 9.35. The van der Waals surface area contributed by atoms with Gasteiger partial charge >= 0.3 is 0 Å². The fraction of sp³-hybridized carbons (Fsp3) is 0.417. The third-order valence-electron chi connectivity index (χ3n) is 5.29. The maximum atomic E-state index is 13.5. The van der Waals surface area contributed by atoms with Crippen LogP contribution in [0.15, 0.2) is 48.5 Å². The first-order valence-corrected chi connectivity index (χ1v) is 13.0. The average Bonchev–Trinajstić information content (AvgIpc) is 2.78. The number of nitro benzene ring substituents is 1. The summed E-state index contributed by atoms with van der Waals surface area (Å²) in [6.07, 6.45) is 0.919. The van der Waals surface area contributed by atoms with Crippen LogP contribution in [0.2, 0.25) is 0 Å². The minimum atomic E-state index is -3.97. The number of benzene rings is 2. The van der Waals surface area contributed by atoms with Crippen LogP contribution >= 0.6 is 0 Å². The van der Waals surface area contributed by atoms with Crippen LogP contribution in [0.1, 0.15) is 31.9 Å². The van der Waals surface area contributed by atoms with Gasteiger partial charge in [0.1, 0.15) is 12.6 Å². The number of sulfonamides is 1. The van der Waals surface area contributed by atoms with Gasteiger partial charge in [-0.05, 0) is 31.4 Å². The summed E-state index contributed by atoms with van der Waals surface area (Å²) in [7, 11) is -3.97. The normalized spacial score (nSPS) is 12.2. The van der Waals surface area contributed by atoms with Crippen LogP contribution in [0.5, 0.6) is 0 Å². The lowest BCUT2D eigenvalue weighted by atomic mass is 10.1. The van der Waals surface area contributed by atoms with Gasteiger partial charge in [0.2, 0.25) is 21.8 Å². The van der Waals surface area contributed by atoms with Crippen molar-refractivity contribution < 1.29 is 22.9 Å². The van der Waals surface area contributed by atoms with Crippen LogP contribution in [0.4, 0.5) is 11.4 Å². The molecule has 0 aromatic heterocycles. The van der Waals surface area contributed by atoms with Gasteiger partial charge in [0.25, 0.3) is 5.69 Å². The third kappa shape index (κ3) is 8.06. The zero-order valence-electron chi connectivity index (χ0n) is 20.6. The molecule has 0 spiro atoms. The number of nitro groups is 1. The zero-order valence-corrected chi connectivity index (χ0v) is 21.4. The maximum Gasteiger partial charge on any atom is 0.271 e. The summed E-state index contributed by atoms with van der Waals surface area (Å²) in [4.78, 5) is 38.1. The predicted molar refractivity (Wildman–Crippen MR) is 134 cm³/mol. The van der Waals surface area contributed by atoms with E-state index in [1.807, 2.05) is 45.0 Å². The fourth-order valence-corrected chi connectivity index (χ4v) is 4.26. The van der Waals surface area contributed by atoms with Crippen molar-refractivity contribution in [2.75, 3.05) is 23.7 Å². The highest BCUT2D eigenvalue weighted by Gasteiger charge is 2.30. The lowest BCUT2D eigenvalue weighted by Gasteiger charge is -2.31. The average molecular weight is 505 g/mol. The van der Waals surface area contributed by atoms with Crippen molar-refractivity contribution in [2.24, 2.45) is 5.92 Å². The van der Waals surface area contributed by atoms with Crippen molar-refractivity contribution in [1.29, 1.82) is 0 Å². The number of rotatable bonds is 11. The van der Waals surface area contributed by atoms with Crippen LogP contribution in [0, 0.1) is 23.0 Å². The molecule has 1 atom stereocenters.